The van der Waals surface area contributed by atoms with E-state index >= 15 is 0 Å². The summed E-state index contributed by atoms with van der Waals surface area (Å²) >= 11 is 1.65. The molecule has 0 saturated carbocycles. The van der Waals surface area contributed by atoms with E-state index in [1.807, 2.05) is 30.5 Å². The van der Waals surface area contributed by atoms with Crippen LogP contribution in [-0.2, 0) is 0 Å². The summed E-state index contributed by atoms with van der Waals surface area (Å²) in [6.45, 7) is 1.25. The van der Waals surface area contributed by atoms with Crippen molar-refractivity contribution >= 4 is 21.6 Å². The van der Waals surface area contributed by atoms with Crippen molar-refractivity contribution in [3.8, 4) is 16.3 Å². The van der Waals surface area contributed by atoms with E-state index in [1.54, 1.807) is 17.5 Å². The number of fused-ring (bicyclic) bond motifs is 1. The van der Waals surface area contributed by atoms with Gasteiger partial charge in [-0.1, -0.05) is 6.07 Å². The van der Waals surface area contributed by atoms with Crippen molar-refractivity contribution in [1.29, 1.82) is 0 Å². The Morgan fingerprint density at radius 1 is 1.20 bits per heavy atom. The van der Waals surface area contributed by atoms with Crippen LogP contribution in [0.3, 0.4) is 0 Å². The molecule has 102 valence electrons. The molecule has 0 radical (unpaired) electrons. The van der Waals surface area contributed by atoms with Gasteiger partial charge in [-0.3, -0.25) is 4.98 Å². The molecular formula is C15H15N3OS. The van der Waals surface area contributed by atoms with Crippen LogP contribution in [0.15, 0.2) is 42.7 Å². The van der Waals surface area contributed by atoms with E-state index < -0.39 is 0 Å². The highest BCUT2D eigenvalue weighted by Crippen LogP contribution is 2.34. The predicted molar refractivity (Wildman–Crippen MR) is 82.0 cm³/mol. The average molecular weight is 285 g/mol. The van der Waals surface area contributed by atoms with E-state index in [9.17, 15) is 0 Å². The number of benzene rings is 1. The van der Waals surface area contributed by atoms with Crippen molar-refractivity contribution in [2.24, 2.45) is 5.73 Å². The molecule has 0 aliphatic carbocycles. The SMILES string of the molecule is NCCCOc1cccc2sc(-c3cccnc3)nc12. The molecule has 3 aromatic rings. The second-order valence-corrected chi connectivity index (χ2v) is 5.38. The molecule has 0 aliphatic rings. The third kappa shape index (κ3) is 2.64. The van der Waals surface area contributed by atoms with Gasteiger partial charge in [-0.05, 0) is 37.2 Å². The van der Waals surface area contributed by atoms with Crippen LogP contribution in [0, 0.1) is 0 Å². The Hall–Kier alpha value is -1.98. The number of thiazole rings is 1. The Kier molecular flexibility index (Phi) is 3.90. The van der Waals surface area contributed by atoms with E-state index in [-0.39, 0.29) is 0 Å². The molecule has 0 aliphatic heterocycles. The van der Waals surface area contributed by atoms with Gasteiger partial charge in [0.05, 0.1) is 11.3 Å². The predicted octanol–water partition coefficient (Wildman–Crippen LogP) is 3.09. The summed E-state index contributed by atoms with van der Waals surface area (Å²) in [5.41, 5.74) is 7.42. The van der Waals surface area contributed by atoms with E-state index in [2.05, 4.69) is 16.0 Å². The second-order valence-electron chi connectivity index (χ2n) is 4.35. The summed E-state index contributed by atoms with van der Waals surface area (Å²) in [6, 6.07) is 9.93. The van der Waals surface area contributed by atoms with Crippen LogP contribution in [0.4, 0.5) is 0 Å². The molecule has 5 heteroatoms. The van der Waals surface area contributed by atoms with E-state index in [4.69, 9.17) is 10.5 Å². The van der Waals surface area contributed by atoms with Gasteiger partial charge < -0.3 is 10.5 Å². The van der Waals surface area contributed by atoms with Gasteiger partial charge in [0.15, 0.2) is 0 Å². The van der Waals surface area contributed by atoms with Crippen molar-refractivity contribution in [2.75, 3.05) is 13.2 Å². The van der Waals surface area contributed by atoms with Gasteiger partial charge in [0, 0.05) is 18.0 Å². The molecule has 0 fully saturated rings. The van der Waals surface area contributed by atoms with Crippen molar-refractivity contribution in [3.63, 3.8) is 0 Å². The number of rotatable bonds is 5. The lowest BCUT2D eigenvalue weighted by atomic mass is 10.3. The zero-order valence-electron chi connectivity index (χ0n) is 11.0. The first-order chi connectivity index (χ1) is 9.88. The Morgan fingerprint density at radius 2 is 2.15 bits per heavy atom. The van der Waals surface area contributed by atoms with Crippen molar-refractivity contribution in [3.05, 3.63) is 42.7 Å². The first-order valence-corrected chi connectivity index (χ1v) is 7.33. The monoisotopic (exact) mass is 285 g/mol. The third-order valence-corrected chi connectivity index (χ3v) is 3.97. The number of ether oxygens (including phenoxy) is 1. The summed E-state index contributed by atoms with van der Waals surface area (Å²) in [5, 5.41) is 0.961. The lowest BCUT2D eigenvalue weighted by Crippen LogP contribution is -2.06. The molecule has 2 aromatic heterocycles. The van der Waals surface area contributed by atoms with Gasteiger partial charge >= 0.3 is 0 Å². The summed E-state index contributed by atoms with van der Waals surface area (Å²) < 4.78 is 6.88. The molecule has 2 N–H and O–H groups in total. The van der Waals surface area contributed by atoms with Crippen molar-refractivity contribution < 1.29 is 4.74 Å². The molecule has 0 unspecified atom stereocenters. The zero-order chi connectivity index (χ0) is 13.8. The highest BCUT2D eigenvalue weighted by atomic mass is 32.1. The largest absolute Gasteiger partial charge is 0.491 e. The lowest BCUT2D eigenvalue weighted by molar-refractivity contribution is 0.316. The molecular weight excluding hydrogens is 270 g/mol. The maximum atomic E-state index is 5.76. The molecule has 1 aromatic carbocycles. The number of hydrogen-bond acceptors (Lipinski definition) is 5. The van der Waals surface area contributed by atoms with Gasteiger partial charge in [0.25, 0.3) is 0 Å². The maximum absolute atomic E-state index is 5.76. The fourth-order valence-corrected chi connectivity index (χ4v) is 2.89. The van der Waals surface area contributed by atoms with Gasteiger partial charge in [0.2, 0.25) is 0 Å². The number of para-hydroxylation sites is 1. The van der Waals surface area contributed by atoms with E-state index in [0.717, 1.165) is 33.0 Å². The third-order valence-electron chi connectivity index (χ3n) is 2.90. The molecule has 0 bridgehead atoms. The Balaban J connectivity index is 1.96. The molecule has 3 rings (SSSR count). The maximum Gasteiger partial charge on any atom is 0.146 e. The Morgan fingerprint density at radius 3 is 2.95 bits per heavy atom. The van der Waals surface area contributed by atoms with Crippen LogP contribution in [0.1, 0.15) is 6.42 Å². The smallest absolute Gasteiger partial charge is 0.146 e. The number of hydrogen-bond donors (Lipinski definition) is 1. The molecule has 0 atom stereocenters. The molecule has 0 amide bonds. The minimum Gasteiger partial charge on any atom is -0.491 e. The summed E-state index contributed by atoms with van der Waals surface area (Å²) in [7, 11) is 0. The van der Waals surface area contributed by atoms with Crippen LogP contribution >= 0.6 is 11.3 Å². The van der Waals surface area contributed by atoms with Crippen LogP contribution in [0.5, 0.6) is 5.75 Å². The van der Waals surface area contributed by atoms with Gasteiger partial charge in [-0.15, -0.1) is 11.3 Å². The summed E-state index contributed by atoms with van der Waals surface area (Å²) in [5.74, 6) is 0.822. The Bertz CT molecular complexity index is 697. The molecule has 2 heterocycles. The quantitative estimate of drug-likeness (QED) is 0.732. The van der Waals surface area contributed by atoms with E-state index in [0.29, 0.717) is 13.2 Å². The summed E-state index contributed by atoms with van der Waals surface area (Å²) in [6.07, 6.45) is 4.43. The summed E-state index contributed by atoms with van der Waals surface area (Å²) in [4.78, 5) is 8.82. The first-order valence-electron chi connectivity index (χ1n) is 6.51. The minimum absolute atomic E-state index is 0.620. The normalized spacial score (nSPS) is 10.8. The minimum atomic E-state index is 0.620. The standard InChI is InChI=1S/C15H15N3OS/c16-7-3-9-19-12-5-1-6-13-14(12)18-15(20-13)11-4-2-8-17-10-11/h1-2,4-6,8,10H,3,7,9,16H2. The Labute approximate surface area is 121 Å². The van der Waals surface area contributed by atoms with Crippen LogP contribution in [0.25, 0.3) is 20.8 Å². The molecule has 20 heavy (non-hydrogen) atoms. The number of aromatic nitrogens is 2. The molecule has 0 saturated heterocycles. The van der Waals surface area contributed by atoms with Crippen LogP contribution in [0.2, 0.25) is 0 Å². The lowest BCUT2D eigenvalue weighted by Gasteiger charge is -2.05. The topological polar surface area (TPSA) is 61.0 Å². The van der Waals surface area contributed by atoms with Crippen molar-refractivity contribution in [2.45, 2.75) is 6.42 Å². The first kappa shape index (κ1) is 13.0. The fourth-order valence-electron chi connectivity index (χ4n) is 1.92. The van der Waals surface area contributed by atoms with Gasteiger partial charge in [-0.2, -0.15) is 0 Å². The number of nitrogens with two attached hydrogens (primary N) is 1. The van der Waals surface area contributed by atoms with E-state index in [1.165, 1.54) is 0 Å². The van der Waals surface area contributed by atoms with Crippen LogP contribution < -0.4 is 10.5 Å². The van der Waals surface area contributed by atoms with Gasteiger partial charge in [-0.25, -0.2) is 4.98 Å². The second kappa shape index (κ2) is 5.98. The van der Waals surface area contributed by atoms with Crippen LogP contribution in [-0.4, -0.2) is 23.1 Å². The highest BCUT2D eigenvalue weighted by molar-refractivity contribution is 7.21. The van der Waals surface area contributed by atoms with Crippen molar-refractivity contribution in [1.82, 2.24) is 9.97 Å². The fraction of sp³-hybridized carbons (Fsp3) is 0.200. The average Bonchev–Trinajstić information content (AvgIpc) is 2.93. The molecule has 0 spiro atoms. The number of nitrogens with zero attached hydrogens (tertiary/aromatic N) is 2. The zero-order valence-corrected chi connectivity index (χ0v) is 11.8. The molecule has 4 nitrogen and oxygen atoms in total. The number of pyridine rings is 1. The van der Waals surface area contributed by atoms with Gasteiger partial charge in [0.1, 0.15) is 16.3 Å². The highest BCUT2D eigenvalue weighted by Gasteiger charge is 2.10.